The van der Waals surface area contributed by atoms with Gasteiger partial charge in [0, 0.05) is 23.7 Å². The van der Waals surface area contributed by atoms with Gasteiger partial charge in [0.05, 0.1) is 48.2 Å². The molecule has 1 aliphatic carbocycles. The molecule has 8 nitrogen and oxygen atoms in total. The lowest BCUT2D eigenvalue weighted by Crippen LogP contribution is -2.66. The summed E-state index contributed by atoms with van der Waals surface area (Å²) in [6, 6.07) is 0. The van der Waals surface area contributed by atoms with Crippen LogP contribution < -0.4 is 14.0 Å². The maximum atomic E-state index is 11.5. The molecule has 1 unspecified atom stereocenters. The van der Waals surface area contributed by atoms with E-state index in [2.05, 4.69) is 0 Å². The Hall–Kier alpha value is -1.29. The molecule has 1 atom stereocenters. The van der Waals surface area contributed by atoms with Crippen LogP contribution in [-0.2, 0) is 23.2 Å². The molecular formula is C18H29ClO8. The summed E-state index contributed by atoms with van der Waals surface area (Å²) in [6.45, 7) is 11.8. The van der Waals surface area contributed by atoms with Crippen molar-refractivity contribution in [3.63, 3.8) is 0 Å². The molecule has 0 aromatic heterocycles. The van der Waals surface area contributed by atoms with E-state index in [1.807, 2.05) is 6.92 Å². The van der Waals surface area contributed by atoms with Gasteiger partial charge in [-0.25, -0.2) is 0 Å². The zero-order valence-corrected chi connectivity index (χ0v) is 17.5. The van der Waals surface area contributed by atoms with Gasteiger partial charge < -0.3 is 18.9 Å². The van der Waals surface area contributed by atoms with E-state index in [-0.39, 0.29) is 6.61 Å². The van der Waals surface area contributed by atoms with Crippen LogP contribution in [0.4, 0.5) is 0 Å². The number of allylic oxidation sites excluding steroid dienone is 1. The third-order valence-corrected chi connectivity index (χ3v) is 4.33. The summed E-state index contributed by atoms with van der Waals surface area (Å²) in [7, 11) is -4.80. The predicted molar refractivity (Wildman–Crippen MR) is 88.4 cm³/mol. The zero-order valence-electron chi connectivity index (χ0n) is 16.7. The fourth-order valence-electron chi connectivity index (χ4n) is 2.82. The molecule has 27 heavy (non-hydrogen) atoms. The Balaban J connectivity index is 3.75. The van der Waals surface area contributed by atoms with Gasteiger partial charge in [-0.1, -0.05) is 13.8 Å². The predicted octanol–water partition coefficient (Wildman–Crippen LogP) is 0.434. The Kier molecular flexibility index (Phi) is 8.59. The maximum Gasteiger partial charge on any atom is 0.373 e. The molecule has 0 spiro atoms. The van der Waals surface area contributed by atoms with Gasteiger partial charge in [0.15, 0.2) is 0 Å². The van der Waals surface area contributed by atoms with E-state index in [0.29, 0.717) is 36.7 Å². The van der Waals surface area contributed by atoms with Crippen LogP contribution in [-0.4, -0.2) is 32.2 Å². The second-order valence-corrected chi connectivity index (χ2v) is 7.01. The molecule has 0 aliphatic heterocycles. The van der Waals surface area contributed by atoms with Gasteiger partial charge in [0.25, 0.3) is 0 Å². The highest BCUT2D eigenvalue weighted by Crippen LogP contribution is 2.51. The van der Waals surface area contributed by atoms with E-state index >= 15 is 0 Å². The minimum atomic E-state index is -4.80. The molecule has 0 saturated heterocycles. The summed E-state index contributed by atoms with van der Waals surface area (Å²) in [4.78, 5) is 0. The molecule has 0 saturated carbocycles. The van der Waals surface area contributed by atoms with Crippen molar-refractivity contribution in [2.75, 3.05) is 26.4 Å². The van der Waals surface area contributed by atoms with Gasteiger partial charge in [0.1, 0.15) is 10.0 Å². The van der Waals surface area contributed by atoms with Crippen molar-refractivity contribution >= 4 is 0 Å². The third kappa shape index (κ3) is 5.84. The van der Waals surface area contributed by atoms with Gasteiger partial charge in [-0.05, 0) is 27.7 Å². The van der Waals surface area contributed by atoms with E-state index in [1.54, 1.807) is 40.9 Å². The molecule has 156 valence electrons. The first-order valence-corrected chi connectivity index (χ1v) is 10.1. The summed E-state index contributed by atoms with van der Waals surface area (Å²) in [5.74, 6) is -1.69. The maximum absolute atomic E-state index is 11.5. The van der Waals surface area contributed by atoms with Crippen LogP contribution in [0.15, 0.2) is 35.5 Å². The van der Waals surface area contributed by atoms with Gasteiger partial charge in [-0.15, -0.1) is 0 Å². The molecule has 9 heteroatoms. The van der Waals surface area contributed by atoms with E-state index in [1.165, 1.54) is 12.3 Å². The zero-order chi connectivity index (χ0) is 20.7. The van der Waals surface area contributed by atoms with Crippen molar-refractivity contribution in [2.45, 2.75) is 47.3 Å². The molecule has 0 N–H and O–H groups in total. The molecule has 0 radical (unpaired) electrons. The summed E-state index contributed by atoms with van der Waals surface area (Å²) >= 11 is 0. The van der Waals surface area contributed by atoms with Gasteiger partial charge in [-0.2, -0.15) is 14.0 Å². The normalized spacial score (nSPS) is 25.4. The average molecular weight is 409 g/mol. The van der Waals surface area contributed by atoms with E-state index in [9.17, 15) is 14.0 Å². The first-order valence-electron chi connectivity index (χ1n) is 8.84. The van der Waals surface area contributed by atoms with Crippen LogP contribution >= 0.6 is 0 Å². The molecule has 0 aromatic carbocycles. The Bertz CT molecular complexity index is 576. The van der Waals surface area contributed by atoms with Gasteiger partial charge >= 0.3 is 5.79 Å². The quantitative estimate of drug-likeness (QED) is 0.377. The monoisotopic (exact) mass is 408 g/mol. The average Bonchev–Trinajstić information content (AvgIpc) is 2.53. The molecule has 1 rings (SSSR count). The van der Waals surface area contributed by atoms with Crippen LogP contribution in [0.2, 0.25) is 0 Å². The van der Waals surface area contributed by atoms with Crippen LogP contribution in [0.1, 0.15) is 41.5 Å². The Morgan fingerprint density at radius 2 is 1.52 bits per heavy atom. The van der Waals surface area contributed by atoms with E-state index in [0.717, 1.165) is 0 Å². The lowest BCUT2D eigenvalue weighted by atomic mass is 9.70. The van der Waals surface area contributed by atoms with E-state index in [4.69, 9.17) is 23.2 Å². The number of hydrogen-bond donors (Lipinski definition) is 0. The SMILES string of the molecule is CCOC=C1C(OCC)=CC(OCC)(O[Cl+3]([O-])([O-])[O-])C(=COCC)C1(C)C. The van der Waals surface area contributed by atoms with Crippen LogP contribution in [0, 0.1) is 15.7 Å². The summed E-state index contributed by atoms with van der Waals surface area (Å²) in [5.41, 5.74) is 0.0370. The molecule has 0 bridgehead atoms. The molecule has 0 amide bonds. The minimum absolute atomic E-state index is 0.0744. The molecule has 1 aliphatic rings. The summed E-state index contributed by atoms with van der Waals surface area (Å²) in [5, 5.41) is 0. The Morgan fingerprint density at radius 1 is 0.926 bits per heavy atom. The molecular weight excluding hydrogens is 380 g/mol. The fraction of sp³-hybridized carbons (Fsp3) is 0.667. The largest absolute Gasteiger partial charge is 0.501 e. The standard InChI is InChI=1S/C18H29ClO8/c1-7-23-12-14-15(25-9-3)11-18(26-10-4,27-19(20,21)22)16(13-24-8-2)17(14,5)6/h11-13H,7-10H2,1-6H3. The minimum Gasteiger partial charge on any atom is -0.501 e. The lowest BCUT2D eigenvalue weighted by molar-refractivity contribution is -1.92. The smallest absolute Gasteiger partial charge is 0.373 e. The first kappa shape index (κ1) is 23.7. The Morgan fingerprint density at radius 3 is 2.00 bits per heavy atom. The van der Waals surface area contributed by atoms with Crippen LogP contribution in [0.3, 0.4) is 0 Å². The molecule has 0 aromatic rings. The van der Waals surface area contributed by atoms with Gasteiger partial charge in [0.2, 0.25) is 0 Å². The van der Waals surface area contributed by atoms with Crippen molar-refractivity contribution in [3.8, 4) is 0 Å². The van der Waals surface area contributed by atoms with Gasteiger partial charge in [-0.3, -0.25) is 0 Å². The number of ether oxygens (including phenoxy) is 4. The summed E-state index contributed by atoms with van der Waals surface area (Å²) < 4.78 is 61.5. The molecule has 0 fully saturated rings. The highest BCUT2D eigenvalue weighted by Gasteiger charge is 2.59. The van der Waals surface area contributed by atoms with E-state index < -0.39 is 21.4 Å². The van der Waals surface area contributed by atoms with Crippen molar-refractivity contribution in [2.24, 2.45) is 5.41 Å². The van der Waals surface area contributed by atoms with Crippen molar-refractivity contribution in [1.82, 2.24) is 0 Å². The topological polar surface area (TPSA) is 115 Å². The highest BCUT2D eigenvalue weighted by atomic mass is 35.7. The number of hydrogen-bond acceptors (Lipinski definition) is 8. The fourth-order valence-corrected chi connectivity index (χ4v) is 3.27. The van der Waals surface area contributed by atoms with Crippen LogP contribution in [0.5, 0.6) is 0 Å². The number of halogens is 1. The third-order valence-electron chi connectivity index (χ3n) is 3.91. The van der Waals surface area contributed by atoms with Crippen molar-refractivity contribution in [3.05, 3.63) is 35.5 Å². The second kappa shape index (κ2) is 9.77. The van der Waals surface area contributed by atoms with Crippen molar-refractivity contribution in [1.29, 1.82) is 0 Å². The number of rotatable bonds is 10. The first-order chi connectivity index (χ1) is 12.6. The Labute approximate surface area is 162 Å². The highest BCUT2D eigenvalue weighted by molar-refractivity contribution is 5.48. The van der Waals surface area contributed by atoms with Crippen molar-refractivity contribution < 1.29 is 47.5 Å². The summed E-state index contributed by atoms with van der Waals surface area (Å²) in [6.07, 6.45) is 4.22. The molecule has 0 heterocycles. The second-order valence-electron chi connectivity index (χ2n) is 6.10. The lowest BCUT2D eigenvalue weighted by Gasteiger charge is -2.42. The van der Waals surface area contributed by atoms with Crippen LogP contribution in [0.25, 0.3) is 0 Å².